The molecule has 24 heavy (non-hydrogen) atoms. The fourth-order valence-electron chi connectivity index (χ4n) is 3.17. The van der Waals surface area contributed by atoms with E-state index in [1.165, 1.54) is 43.4 Å². The number of nitrogens with one attached hydrogen (secondary N) is 1. The smallest absolute Gasteiger partial charge is 0.263 e. The van der Waals surface area contributed by atoms with Crippen molar-refractivity contribution in [3.8, 4) is 16.3 Å². The zero-order chi connectivity index (χ0) is 16.9. The van der Waals surface area contributed by atoms with E-state index in [9.17, 15) is 4.79 Å². The van der Waals surface area contributed by atoms with Crippen LogP contribution in [0.2, 0.25) is 0 Å². The van der Waals surface area contributed by atoms with Crippen LogP contribution < -0.4 is 10.1 Å². The van der Waals surface area contributed by atoms with Crippen LogP contribution in [0.15, 0.2) is 24.3 Å². The minimum absolute atomic E-state index is 0.00957. The maximum Gasteiger partial charge on any atom is 0.263 e. The molecule has 1 saturated carbocycles. The average molecular weight is 344 g/mol. The summed E-state index contributed by atoms with van der Waals surface area (Å²) in [6, 6.07) is 7.77. The molecule has 1 aromatic carbocycles. The molecule has 0 radical (unpaired) electrons. The fraction of sp³-hybridized carbons (Fsp3) is 0.474. The third-order valence-corrected chi connectivity index (χ3v) is 5.82. The quantitative estimate of drug-likeness (QED) is 0.872. The summed E-state index contributed by atoms with van der Waals surface area (Å²) in [7, 11) is 1.65. The Balaban J connectivity index is 1.67. The number of hydrogen-bond donors (Lipinski definition) is 1. The Morgan fingerprint density at radius 3 is 2.62 bits per heavy atom. The van der Waals surface area contributed by atoms with Crippen LogP contribution in [0.4, 0.5) is 0 Å². The summed E-state index contributed by atoms with van der Waals surface area (Å²) in [4.78, 5) is 17.8. The van der Waals surface area contributed by atoms with Crippen molar-refractivity contribution in [2.75, 3.05) is 13.7 Å². The highest BCUT2D eigenvalue weighted by Gasteiger charge is 2.19. The molecule has 128 valence electrons. The number of carbonyl (C=O) groups is 1. The summed E-state index contributed by atoms with van der Waals surface area (Å²) in [6.45, 7) is 2.69. The van der Waals surface area contributed by atoms with E-state index < -0.39 is 0 Å². The minimum atomic E-state index is 0.00957. The Morgan fingerprint density at radius 2 is 1.96 bits per heavy atom. The SMILES string of the molecule is COc1ccc(-c2nc(C)c(C(=O)NCC3CCCCC3)s2)cc1. The van der Waals surface area contributed by atoms with E-state index in [1.54, 1.807) is 7.11 Å². The molecule has 0 atom stereocenters. The van der Waals surface area contributed by atoms with Crippen LogP contribution in [-0.4, -0.2) is 24.5 Å². The third-order valence-electron chi connectivity index (χ3n) is 4.62. The number of aryl methyl sites for hydroxylation is 1. The van der Waals surface area contributed by atoms with E-state index in [1.807, 2.05) is 31.2 Å². The van der Waals surface area contributed by atoms with Gasteiger partial charge in [0.1, 0.15) is 15.6 Å². The molecule has 1 N–H and O–H groups in total. The monoisotopic (exact) mass is 344 g/mol. The molecule has 2 aromatic rings. The topological polar surface area (TPSA) is 51.2 Å². The summed E-state index contributed by atoms with van der Waals surface area (Å²) in [5.74, 6) is 1.46. The Morgan fingerprint density at radius 1 is 1.25 bits per heavy atom. The number of aromatic nitrogens is 1. The molecular formula is C19H24N2O2S. The van der Waals surface area contributed by atoms with Gasteiger partial charge >= 0.3 is 0 Å². The highest BCUT2D eigenvalue weighted by Crippen LogP contribution is 2.29. The van der Waals surface area contributed by atoms with Gasteiger partial charge in [0.15, 0.2) is 0 Å². The van der Waals surface area contributed by atoms with Gasteiger partial charge in [-0.15, -0.1) is 11.3 Å². The van der Waals surface area contributed by atoms with Crippen molar-refractivity contribution < 1.29 is 9.53 Å². The van der Waals surface area contributed by atoms with Crippen molar-refractivity contribution in [2.24, 2.45) is 5.92 Å². The maximum absolute atomic E-state index is 12.5. The lowest BCUT2D eigenvalue weighted by Gasteiger charge is -2.21. The molecule has 0 aliphatic heterocycles. The summed E-state index contributed by atoms with van der Waals surface area (Å²) in [6.07, 6.45) is 6.39. The van der Waals surface area contributed by atoms with Gasteiger partial charge in [-0.05, 0) is 49.9 Å². The van der Waals surface area contributed by atoms with Crippen molar-refractivity contribution in [3.63, 3.8) is 0 Å². The van der Waals surface area contributed by atoms with E-state index in [-0.39, 0.29) is 5.91 Å². The first kappa shape index (κ1) is 17.0. The molecule has 3 rings (SSSR count). The van der Waals surface area contributed by atoms with Crippen molar-refractivity contribution in [1.82, 2.24) is 10.3 Å². The Hall–Kier alpha value is -1.88. The van der Waals surface area contributed by atoms with Gasteiger partial charge in [-0.1, -0.05) is 19.3 Å². The Labute approximate surface area is 147 Å². The molecular weight excluding hydrogens is 320 g/mol. The van der Waals surface area contributed by atoms with Crippen LogP contribution in [0.25, 0.3) is 10.6 Å². The first-order valence-corrected chi connectivity index (χ1v) is 9.39. The largest absolute Gasteiger partial charge is 0.497 e. The molecule has 1 heterocycles. The van der Waals surface area contributed by atoms with Crippen LogP contribution in [0.3, 0.4) is 0 Å². The normalized spacial score (nSPS) is 15.2. The second kappa shape index (κ2) is 7.79. The summed E-state index contributed by atoms with van der Waals surface area (Å²) in [5, 5.41) is 3.98. The highest BCUT2D eigenvalue weighted by molar-refractivity contribution is 7.17. The summed E-state index contributed by atoms with van der Waals surface area (Å²) < 4.78 is 5.18. The second-order valence-corrected chi connectivity index (χ2v) is 7.38. The van der Waals surface area contributed by atoms with E-state index in [0.29, 0.717) is 5.92 Å². The van der Waals surface area contributed by atoms with Crippen LogP contribution in [-0.2, 0) is 0 Å². The van der Waals surface area contributed by atoms with Crippen LogP contribution in [0.5, 0.6) is 5.75 Å². The molecule has 5 heteroatoms. The zero-order valence-electron chi connectivity index (χ0n) is 14.3. The molecule has 4 nitrogen and oxygen atoms in total. The third kappa shape index (κ3) is 3.96. The average Bonchev–Trinajstić information content (AvgIpc) is 3.02. The van der Waals surface area contributed by atoms with Gasteiger partial charge in [-0.3, -0.25) is 4.79 Å². The lowest BCUT2D eigenvalue weighted by molar-refractivity contribution is 0.0947. The van der Waals surface area contributed by atoms with Gasteiger partial charge in [-0.25, -0.2) is 4.98 Å². The number of ether oxygens (including phenoxy) is 1. The summed E-state index contributed by atoms with van der Waals surface area (Å²) in [5.41, 5.74) is 1.81. The van der Waals surface area contributed by atoms with Crippen LogP contribution in [0, 0.1) is 12.8 Å². The number of rotatable bonds is 5. The van der Waals surface area contributed by atoms with Crippen molar-refractivity contribution >= 4 is 17.2 Å². The van der Waals surface area contributed by atoms with Gasteiger partial charge < -0.3 is 10.1 Å². The predicted molar refractivity (Wildman–Crippen MR) is 97.7 cm³/mol. The number of hydrogen-bond acceptors (Lipinski definition) is 4. The maximum atomic E-state index is 12.5. The van der Waals surface area contributed by atoms with Crippen LogP contribution in [0.1, 0.15) is 47.5 Å². The molecule has 0 unspecified atom stereocenters. The number of benzene rings is 1. The highest BCUT2D eigenvalue weighted by atomic mass is 32.1. The van der Waals surface area contributed by atoms with Crippen molar-refractivity contribution in [3.05, 3.63) is 34.8 Å². The lowest BCUT2D eigenvalue weighted by atomic mass is 9.89. The number of methoxy groups -OCH3 is 1. The number of carbonyl (C=O) groups excluding carboxylic acids is 1. The van der Waals surface area contributed by atoms with Gasteiger partial charge in [0.2, 0.25) is 0 Å². The van der Waals surface area contributed by atoms with Gasteiger partial charge in [0.05, 0.1) is 12.8 Å². The Bertz CT molecular complexity index is 688. The second-order valence-electron chi connectivity index (χ2n) is 6.38. The van der Waals surface area contributed by atoms with Crippen molar-refractivity contribution in [1.29, 1.82) is 0 Å². The molecule has 0 saturated heterocycles. The minimum Gasteiger partial charge on any atom is -0.497 e. The molecule has 0 spiro atoms. The Kier molecular flexibility index (Phi) is 5.51. The lowest BCUT2D eigenvalue weighted by Crippen LogP contribution is -2.30. The zero-order valence-corrected chi connectivity index (χ0v) is 15.1. The standard InChI is InChI=1S/C19H24N2O2S/c1-13-17(18(22)20-12-14-6-4-3-5-7-14)24-19(21-13)15-8-10-16(23-2)11-9-15/h8-11,14H,3-7,12H2,1-2H3,(H,20,22). The number of nitrogens with zero attached hydrogens (tertiary/aromatic N) is 1. The van der Waals surface area contributed by atoms with Gasteiger partial charge in [-0.2, -0.15) is 0 Å². The van der Waals surface area contributed by atoms with E-state index >= 15 is 0 Å². The van der Waals surface area contributed by atoms with Crippen LogP contribution >= 0.6 is 11.3 Å². The molecule has 1 fully saturated rings. The molecule has 1 aliphatic rings. The van der Waals surface area contributed by atoms with Gasteiger partial charge in [0.25, 0.3) is 5.91 Å². The molecule has 0 bridgehead atoms. The number of amides is 1. The van der Waals surface area contributed by atoms with E-state index in [0.717, 1.165) is 33.4 Å². The van der Waals surface area contributed by atoms with Crippen molar-refractivity contribution in [2.45, 2.75) is 39.0 Å². The van der Waals surface area contributed by atoms with E-state index in [4.69, 9.17) is 4.74 Å². The fourth-order valence-corrected chi connectivity index (χ4v) is 4.16. The molecule has 1 amide bonds. The summed E-state index contributed by atoms with van der Waals surface area (Å²) >= 11 is 1.46. The van der Waals surface area contributed by atoms with Gasteiger partial charge in [0, 0.05) is 12.1 Å². The van der Waals surface area contributed by atoms with E-state index in [2.05, 4.69) is 10.3 Å². The molecule has 1 aromatic heterocycles. The first-order chi connectivity index (χ1) is 11.7. The first-order valence-electron chi connectivity index (χ1n) is 8.57. The molecule has 1 aliphatic carbocycles. The number of thiazole rings is 1. The predicted octanol–water partition coefficient (Wildman–Crippen LogP) is 4.44.